The van der Waals surface area contributed by atoms with Crippen molar-refractivity contribution in [1.29, 1.82) is 0 Å². The monoisotopic (exact) mass is 333 g/mol. The number of nitrogens with zero attached hydrogens (tertiary/aromatic N) is 3. The zero-order chi connectivity index (χ0) is 15.6. The molecule has 0 amide bonds. The van der Waals surface area contributed by atoms with E-state index in [2.05, 4.69) is 4.90 Å². The van der Waals surface area contributed by atoms with Gasteiger partial charge in [0.25, 0.3) is 0 Å². The van der Waals surface area contributed by atoms with Gasteiger partial charge in [-0.2, -0.15) is 4.31 Å². The van der Waals surface area contributed by atoms with Crippen molar-refractivity contribution in [1.82, 2.24) is 13.8 Å². The van der Waals surface area contributed by atoms with Gasteiger partial charge >= 0.3 is 0 Å². The Morgan fingerprint density at radius 3 is 2.62 bits per heavy atom. The molecule has 1 aliphatic rings. The van der Waals surface area contributed by atoms with E-state index < -0.39 is 10.0 Å². The Hall–Kier alpha value is -0.560. The number of aromatic nitrogens is 1. The Balaban J connectivity index is 2.35. The van der Waals surface area contributed by atoms with Crippen molar-refractivity contribution >= 4 is 21.6 Å². The van der Waals surface area contributed by atoms with Gasteiger partial charge in [0, 0.05) is 38.1 Å². The number of halogens is 1. The first-order valence-electron chi connectivity index (χ1n) is 7.31. The van der Waals surface area contributed by atoms with Crippen molar-refractivity contribution in [2.75, 3.05) is 26.7 Å². The third-order valence-corrected chi connectivity index (χ3v) is 6.34. The van der Waals surface area contributed by atoms with Crippen molar-refractivity contribution < 1.29 is 8.42 Å². The highest BCUT2D eigenvalue weighted by Gasteiger charge is 2.33. The molecule has 0 saturated carbocycles. The molecule has 1 aromatic heterocycles. The van der Waals surface area contributed by atoms with Crippen LogP contribution in [0.4, 0.5) is 0 Å². The summed E-state index contributed by atoms with van der Waals surface area (Å²) < 4.78 is 29.3. The maximum atomic E-state index is 12.9. The topological polar surface area (TPSA) is 45.6 Å². The quantitative estimate of drug-likeness (QED) is 0.790. The maximum absolute atomic E-state index is 12.9. The average Bonchev–Trinajstić information content (AvgIpc) is 2.71. The summed E-state index contributed by atoms with van der Waals surface area (Å²) in [5.74, 6) is 0.311. The van der Waals surface area contributed by atoms with Crippen LogP contribution in [0.2, 0.25) is 0 Å². The number of hydrogen-bond acceptors (Lipinski definition) is 3. The number of alkyl halides is 1. The third-order valence-electron chi connectivity index (χ3n) is 4.15. The lowest BCUT2D eigenvalue weighted by atomic mass is 10.2. The van der Waals surface area contributed by atoms with Crippen LogP contribution < -0.4 is 0 Å². The van der Waals surface area contributed by atoms with E-state index in [4.69, 9.17) is 11.6 Å². The molecule has 0 bridgehead atoms. The Labute approximate surface area is 132 Å². The van der Waals surface area contributed by atoms with Gasteiger partial charge in [0.05, 0.1) is 5.88 Å². The van der Waals surface area contributed by atoms with Gasteiger partial charge in [0.2, 0.25) is 10.0 Å². The van der Waals surface area contributed by atoms with Crippen LogP contribution in [0.5, 0.6) is 0 Å². The number of aryl methyl sites for hydroxylation is 1. The highest BCUT2D eigenvalue weighted by atomic mass is 35.5. The van der Waals surface area contributed by atoms with E-state index in [-0.39, 0.29) is 6.04 Å². The number of hydrogen-bond donors (Lipinski definition) is 0. The van der Waals surface area contributed by atoms with Crippen LogP contribution in [0.1, 0.15) is 25.5 Å². The van der Waals surface area contributed by atoms with Gasteiger partial charge in [-0.1, -0.05) is 6.92 Å². The summed E-state index contributed by atoms with van der Waals surface area (Å²) in [5, 5.41) is 0. The van der Waals surface area contributed by atoms with E-state index in [1.54, 1.807) is 21.1 Å². The Morgan fingerprint density at radius 1 is 1.33 bits per heavy atom. The summed E-state index contributed by atoms with van der Waals surface area (Å²) in [6, 6.07) is 1.71. The molecule has 0 N–H and O–H groups in total. The molecule has 2 heterocycles. The molecule has 0 aliphatic carbocycles. The van der Waals surface area contributed by atoms with Crippen LogP contribution in [-0.2, 0) is 23.0 Å². The first-order valence-corrected chi connectivity index (χ1v) is 9.29. The zero-order valence-electron chi connectivity index (χ0n) is 12.9. The SMILES string of the molecule is CCC1CN(C)CCCN1S(=O)(=O)c1cc(CCl)n(C)c1. The van der Waals surface area contributed by atoms with E-state index in [1.165, 1.54) is 0 Å². The second kappa shape index (κ2) is 6.69. The number of sulfonamides is 1. The predicted molar refractivity (Wildman–Crippen MR) is 85.1 cm³/mol. The summed E-state index contributed by atoms with van der Waals surface area (Å²) in [7, 11) is 0.418. The predicted octanol–water partition coefficient (Wildman–Crippen LogP) is 1.87. The molecule has 21 heavy (non-hydrogen) atoms. The van der Waals surface area contributed by atoms with Crippen LogP contribution >= 0.6 is 11.6 Å². The lowest BCUT2D eigenvalue weighted by molar-refractivity contribution is 0.270. The fourth-order valence-electron chi connectivity index (χ4n) is 2.86. The van der Waals surface area contributed by atoms with Gasteiger partial charge in [-0.25, -0.2) is 8.42 Å². The summed E-state index contributed by atoms with van der Waals surface area (Å²) >= 11 is 5.85. The molecule has 1 fully saturated rings. The standard InChI is InChI=1S/C14H24ClN3O2S/c1-4-12-10-16(2)6-5-7-18(12)21(19,20)14-8-13(9-15)17(3)11-14/h8,11-12H,4-7,9-10H2,1-3H3. The van der Waals surface area contributed by atoms with E-state index in [0.29, 0.717) is 17.3 Å². The fraction of sp³-hybridized carbons (Fsp3) is 0.714. The minimum absolute atomic E-state index is 0.0298. The highest BCUT2D eigenvalue weighted by Crippen LogP contribution is 2.24. The molecule has 120 valence electrons. The van der Waals surface area contributed by atoms with Crippen LogP contribution in [0.15, 0.2) is 17.2 Å². The Morgan fingerprint density at radius 2 is 2.05 bits per heavy atom. The van der Waals surface area contributed by atoms with Crippen molar-refractivity contribution in [3.8, 4) is 0 Å². The van der Waals surface area contributed by atoms with Crippen LogP contribution in [-0.4, -0.2) is 54.9 Å². The highest BCUT2D eigenvalue weighted by molar-refractivity contribution is 7.89. The fourth-order valence-corrected chi connectivity index (χ4v) is 4.95. The molecule has 5 nitrogen and oxygen atoms in total. The zero-order valence-corrected chi connectivity index (χ0v) is 14.5. The minimum atomic E-state index is -3.45. The molecule has 1 aliphatic heterocycles. The van der Waals surface area contributed by atoms with Crippen molar-refractivity contribution in [3.63, 3.8) is 0 Å². The second-order valence-electron chi connectivity index (χ2n) is 5.71. The van der Waals surface area contributed by atoms with Crippen LogP contribution in [0.25, 0.3) is 0 Å². The van der Waals surface area contributed by atoms with E-state index in [1.807, 2.05) is 21.0 Å². The smallest absolute Gasteiger partial charge is 0.244 e. The van der Waals surface area contributed by atoms with Gasteiger partial charge in [-0.3, -0.25) is 0 Å². The van der Waals surface area contributed by atoms with Gasteiger partial charge < -0.3 is 9.47 Å². The summed E-state index contributed by atoms with van der Waals surface area (Å²) in [4.78, 5) is 2.56. The molecular formula is C14H24ClN3O2S. The second-order valence-corrected chi connectivity index (χ2v) is 7.86. The normalized spacial score (nSPS) is 22.4. The number of rotatable bonds is 4. The van der Waals surface area contributed by atoms with Crippen LogP contribution in [0.3, 0.4) is 0 Å². The minimum Gasteiger partial charge on any atom is -0.352 e. The number of likely N-dealkylation sites (N-methyl/N-ethyl adjacent to an activating group) is 1. The molecule has 0 aromatic carbocycles. The van der Waals surface area contributed by atoms with Crippen molar-refractivity contribution in [2.24, 2.45) is 7.05 Å². The van der Waals surface area contributed by atoms with Crippen molar-refractivity contribution in [3.05, 3.63) is 18.0 Å². The molecular weight excluding hydrogens is 310 g/mol. The van der Waals surface area contributed by atoms with Gasteiger partial charge in [0.1, 0.15) is 4.90 Å². The summed E-state index contributed by atoms with van der Waals surface area (Å²) in [6.07, 6.45) is 3.34. The molecule has 1 aromatic rings. The van der Waals surface area contributed by atoms with Crippen molar-refractivity contribution in [2.45, 2.75) is 36.6 Å². The molecule has 0 radical (unpaired) electrons. The lowest BCUT2D eigenvalue weighted by Gasteiger charge is -2.28. The average molecular weight is 334 g/mol. The van der Waals surface area contributed by atoms with E-state index in [9.17, 15) is 8.42 Å². The van der Waals surface area contributed by atoms with Crippen LogP contribution in [0, 0.1) is 0 Å². The molecule has 1 saturated heterocycles. The van der Waals surface area contributed by atoms with Gasteiger partial charge in [0.15, 0.2) is 0 Å². The molecule has 7 heteroatoms. The summed E-state index contributed by atoms with van der Waals surface area (Å²) in [5.41, 5.74) is 0.815. The first kappa shape index (κ1) is 16.8. The Kier molecular flexibility index (Phi) is 5.35. The van der Waals surface area contributed by atoms with Gasteiger partial charge in [-0.05, 0) is 32.5 Å². The lowest BCUT2D eigenvalue weighted by Crippen LogP contribution is -2.43. The van der Waals surface area contributed by atoms with E-state index in [0.717, 1.165) is 31.6 Å². The molecule has 1 unspecified atom stereocenters. The first-order chi connectivity index (χ1) is 9.90. The maximum Gasteiger partial charge on any atom is 0.244 e. The summed E-state index contributed by atoms with van der Waals surface area (Å²) in [6.45, 7) is 4.34. The third kappa shape index (κ3) is 3.44. The Bertz CT molecular complexity index is 585. The van der Waals surface area contributed by atoms with E-state index >= 15 is 0 Å². The van der Waals surface area contributed by atoms with Gasteiger partial charge in [-0.15, -0.1) is 11.6 Å². The molecule has 0 spiro atoms. The molecule has 1 atom stereocenters. The molecule has 2 rings (SSSR count). The largest absolute Gasteiger partial charge is 0.352 e.